The third-order valence-electron chi connectivity index (χ3n) is 2.42. The Morgan fingerprint density at radius 2 is 2.26 bits per heavy atom. The molecule has 19 heavy (non-hydrogen) atoms. The maximum Gasteiger partial charge on any atom is 0.433 e. The highest BCUT2D eigenvalue weighted by Gasteiger charge is 2.21. The van der Waals surface area contributed by atoms with Crippen LogP contribution in [0.2, 0.25) is 0 Å². The van der Waals surface area contributed by atoms with E-state index in [0.717, 1.165) is 10.9 Å². The average Bonchev–Trinajstić information content (AvgIpc) is 2.72. The van der Waals surface area contributed by atoms with Gasteiger partial charge in [0.1, 0.15) is 0 Å². The van der Waals surface area contributed by atoms with Crippen LogP contribution in [0, 0.1) is 5.41 Å². The summed E-state index contributed by atoms with van der Waals surface area (Å²) in [6.07, 6.45) is 3.07. The molecular weight excluding hydrogens is 264 g/mol. The lowest BCUT2D eigenvalue weighted by molar-refractivity contribution is 0.152. The Balaban J connectivity index is 2.71. The molecule has 7 heteroatoms. The molecule has 0 aliphatic rings. The number of rotatable bonds is 4. The van der Waals surface area contributed by atoms with E-state index >= 15 is 0 Å². The molecule has 1 aromatic heterocycles. The zero-order chi connectivity index (χ0) is 14.5. The third-order valence-corrected chi connectivity index (χ3v) is 3.49. The highest BCUT2D eigenvalue weighted by Crippen LogP contribution is 2.23. The van der Waals surface area contributed by atoms with E-state index in [9.17, 15) is 4.79 Å². The van der Waals surface area contributed by atoms with Gasteiger partial charge in [0.2, 0.25) is 0 Å². The van der Waals surface area contributed by atoms with Crippen molar-refractivity contribution in [2.45, 2.75) is 25.9 Å². The van der Waals surface area contributed by atoms with Gasteiger partial charge < -0.3 is 9.88 Å². The fraction of sp³-hybridized carbons (Fsp3) is 0.583. The average molecular weight is 284 g/mol. The molecular formula is C12H20N4O2S. The SMILES string of the molecule is CNC(=O)ON=C(CSc1nccn1C)C(C)(C)C. The van der Waals surface area contributed by atoms with Gasteiger partial charge in [0.05, 0.1) is 5.71 Å². The normalized spacial score (nSPS) is 12.4. The second-order valence-electron chi connectivity index (χ2n) is 5.03. The standard InChI is InChI=1S/C12H20N4O2S/c1-12(2,3)9(15-18-11(17)13-4)8-19-10-14-6-7-16(10)5/h6-7H,8H2,1-5H3,(H,13,17). The van der Waals surface area contributed by atoms with Crippen molar-refractivity contribution in [2.75, 3.05) is 12.8 Å². The van der Waals surface area contributed by atoms with Gasteiger partial charge in [-0.05, 0) is 0 Å². The molecule has 0 atom stereocenters. The Morgan fingerprint density at radius 1 is 1.58 bits per heavy atom. The first-order valence-electron chi connectivity index (χ1n) is 5.90. The first-order valence-corrected chi connectivity index (χ1v) is 6.89. The van der Waals surface area contributed by atoms with Gasteiger partial charge in [0.25, 0.3) is 0 Å². The quantitative estimate of drug-likeness (QED) is 0.398. The number of thioether (sulfide) groups is 1. The Bertz CT molecular complexity index is 463. The number of aryl methyl sites for hydroxylation is 1. The summed E-state index contributed by atoms with van der Waals surface area (Å²) in [5, 5.41) is 7.20. The topological polar surface area (TPSA) is 68.5 Å². The van der Waals surface area contributed by atoms with Crippen LogP contribution in [0.25, 0.3) is 0 Å². The zero-order valence-electron chi connectivity index (χ0n) is 11.9. The van der Waals surface area contributed by atoms with Crippen LogP contribution in [0.4, 0.5) is 4.79 Å². The smallest absolute Gasteiger partial charge is 0.329 e. The molecule has 1 aromatic rings. The van der Waals surface area contributed by atoms with Crippen LogP contribution in [-0.4, -0.2) is 34.2 Å². The minimum atomic E-state index is -0.566. The molecule has 0 aliphatic heterocycles. The lowest BCUT2D eigenvalue weighted by Crippen LogP contribution is -2.25. The van der Waals surface area contributed by atoms with Crippen LogP contribution in [0.1, 0.15) is 20.8 Å². The number of carbonyl (C=O) groups is 1. The maximum absolute atomic E-state index is 11.1. The summed E-state index contributed by atoms with van der Waals surface area (Å²) in [6, 6.07) is 0. The van der Waals surface area contributed by atoms with E-state index in [2.05, 4.69) is 15.5 Å². The summed E-state index contributed by atoms with van der Waals surface area (Å²) in [5.41, 5.74) is 0.621. The van der Waals surface area contributed by atoms with Crippen molar-refractivity contribution in [3.8, 4) is 0 Å². The first-order chi connectivity index (χ1) is 8.84. The monoisotopic (exact) mass is 284 g/mol. The summed E-state index contributed by atoms with van der Waals surface area (Å²) < 4.78 is 1.94. The predicted octanol–water partition coefficient (Wildman–Crippen LogP) is 2.27. The van der Waals surface area contributed by atoms with Crippen LogP contribution in [0.3, 0.4) is 0 Å². The van der Waals surface area contributed by atoms with Gasteiger partial charge in [-0.1, -0.05) is 37.7 Å². The van der Waals surface area contributed by atoms with Crippen LogP contribution < -0.4 is 5.32 Å². The van der Waals surface area contributed by atoms with Crippen molar-refractivity contribution in [3.63, 3.8) is 0 Å². The number of carbonyl (C=O) groups excluding carboxylic acids is 1. The van der Waals surface area contributed by atoms with E-state index < -0.39 is 6.09 Å². The fourth-order valence-electron chi connectivity index (χ4n) is 1.15. The number of hydrogen-bond donors (Lipinski definition) is 1. The lowest BCUT2D eigenvalue weighted by atomic mass is 9.91. The summed E-state index contributed by atoms with van der Waals surface area (Å²) in [4.78, 5) is 20.1. The van der Waals surface area contributed by atoms with Gasteiger partial charge in [-0.15, -0.1) is 0 Å². The van der Waals surface area contributed by atoms with Gasteiger partial charge >= 0.3 is 6.09 Å². The number of amides is 1. The first kappa shape index (κ1) is 15.6. The zero-order valence-corrected chi connectivity index (χ0v) is 12.7. The molecule has 0 radical (unpaired) electrons. The predicted molar refractivity (Wildman–Crippen MR) is 76.4 cm³/mol. The van der Waals surface area contributed by atoms with Gasteiger partial charge in [0.15, 0.2) is 5.16 Å². The summed E-state index contributed by atoms with van der Waals surface area (Å²) in [5.74, 6) is 0.616. The second-order valence-corrected chi connectivity index (χ2v) is 5.97. The minimum Gasteiger partial charge on any atom is -0.329 e. The number of nitrogens with zero attached hydrogens (tertiary/aromatic N) is 3. The third kappa shape index (κ3) is 4.94. The molecule has 0 spiro atoms. The van der Waals surface area contributed by atoms with Crippen molar-refractivity contribution in [2.24, 2.45) is 17.6 Å². The van der Waals surface area contributed by atoms with E-state index in [1.165, 1.54) is 7.05 Å². The second kappa shape index (κ2) is 6.60. The van der Waals surface area contributed by atoms with Gasteiger partial charge in [0, 0.05) is 37.7 Å². The van der Waals surface area contributed by atoms with Crippen LogP contribution >= 0.6 is 11.8 Å². The number of nitrogens with one attached hydrogen (secondary N) is 1. The summed E-state index contributed by atoms with van der Waals surface area (Å²) >= 11 is 1.56. The molecule has 0 bridgehead atoms. The Labute approximate surface area is 117 Å². The molecule has 0 fully saturated rings. The molecule has 1 heterocycles. The highest BCUT2D eigenvalue weighted by molar-refractivity contribution is 7.99. The molecule has 6 nitrogen and oxygen atoms in total. The molecule has 0 unspecified atom stereocenters. The van der Waals surface area contributed by atoms with Crippen molar-refractivity contribution >= 4 is 23.6 Å². The number of imidazole rings is 1. The molecule has 1 amide bonds. The molecule has 1 N–H and O–H groups in total. The number of hydrogen-bond acceptors (Lipinski definition) is 5. The van der Waals surface area contributed by atoms with Crippen LogP contribution in [-0.2, 0) is 11.9 Å². The molecule has 0 saturated carbocycles. The molecule has 1 rings (SSSR count). The van der Waals surface area contributed by atoms with Gasteiger partial charge in [-0.3, -0.25) is 4.84 Å². The van der Waals surface area contributed by atoms with Crippen LogP contribution in [0.5, 0.6) is 0 Å². The largest absolute Gasteiger partial charge is 0.433 e. The van der Waals surface area contributed by atoms with E-state index in [1.54, 1.807) is 18.0 Å². The minimum absolute atomic E-state index is 0.174. The van der Waals surface area contributed by atoms with Crippen molar-refractivity contribution in [3.05, 3.63) is 12.4 Å². The molecule has 0 aliphatic carbocycles. The summed E-state index contributed by atoms with van der Waals surface area (Å²) in [6.45, 7) is 6.08. The Hall–Kier alpha value is -1.50. The molecule has 106 valence electrons. The summed E-state index contributed by atoms with van der Waals surface area (Å²) in [7, 11) is 3.43. The van der Waals surface area contributed by atoms with E-state index in [1.807, 2.05) is 38.6 Å². The van der Waals surface area contributed by atoms with Gasteiger partial charge in [-0.2, -0.15) is 0 Å². The molecule has 0 aromatic carbocycles. The van der Waals surface area contributed by atoms with E-state index in [4.69, 9.17) is 4.84 Å². The molecule has 0 saturated heterocycles. The number of oxime groups is 1. The van der Waals surface area contributed by atoms with Crippen molar-refractivity contribution < 1.29 is 9.63 Å². The fourth-order valence-corrected chi connectivity index (χ4v) is 2.30. The van der Waals surface area contributed by atoms with E-state index in [0.29, 0.717) is 5.75 Å². The Kier molecular flexibility index (Phi) is 5.41. The van der Waals surface area contributed by atoms with Crippen molar-refractivity contribution in [1.82, 2.24) is 14.9 Å². The van der Waals surface area contributed by atoms with E-state index in [-0.39, 0.29) is 5.41 Å². The van der Waals surface area contributed by atoms with Gasteiger partial charge in [-0.25, -0.2) is 9.78 Å². The highest BCUT2D eigenvalue weighted by atomic mass is 32.2. The van der Waals surface area contributed by atoms with Crippen molar-refractivity contribution in [1.29, 1.82) is 0 Å². The van der Waals surface area contributed by atoms with Crippen LogP contribution in [0.15, 0.2) is 22.7 Å². The maximum atomic E-state index is 11.1. The lowest BCUT2D eigenvalue weighted by Gasteiger charge is -2.20. The number of aromatic nitrogens is 2. The Morgan fingerprint density at radius 3 is 2.74 bits per heavy atom.